The number of nitrogen functional groups attached to an aromatic ring is 1. The molecule has 18 heavy (non-hydrogen) atoms. The van der Waals surface area contributed by atoms with Gasteiger partial charge in [-0.15, -0.1) is 0 Å². The van der Waals surface area contributed by atoms with Crippen molar-refractivity contribution in [3.05, 3.63) is 29.8 Å². The first-order valence-electron chi connectivity index (χ1n) is 6.29. The Morgan fingerprint density at radius 3 is 2.33 bits per heavy atom. The lowest BCUT2D eigenvalue weighted by Crippen LogP contribution is -2.41. The van der Waals surface area contributed by atoms with E-state index in [2.05, 4.69) is 0 Å². The van der Waals surface area contributed by atoms with Crippen molar-refractivity contribution in [1.82, 2.24) is 0 Å². The van der Waals surface area contributed by atoms with E-state index in [1.165, 1.54) is 0 Å². The van der Waals surface area contributed by atoms with Gasteiger partial charge in [-0.3, -0.25) is 4.79 Å². The molecule has 4 N–H and O–H groups in total. The minimum Gasteiger partial charge on any atom is -0.466 e. The number of rotatable bonds is 6. The summed E-state index contributed by atoms with van der Waals surface area (Å²) in [4.78, 5) is 12.1. The highest BCUT2D eigenvalue weighted by molar-refractivity contribution is 5.77. The molecular weight excluding hydrogens is 228 g/mol. The Labute approximate surface area is 108 Å². The summed E-state index contributed by atoms with van der Waals surface area (Å²) < 4.78 is 5.14. The van der Waals surface area contributed by atoms with Crippen molar-refractivity contribution in [3.8, 4) is 0 Å². The molecule has 0 saturated carbocycles. The Morgan fingerprint density at radius 2 is 1.89 bits per heavy atom. The number of carbonyl (C=O) groups excluding carboxylic acids is 1. The lowest BCUT2D eigenvalue weighted by Gasteiger charge is -2.28. The molecule has 1 aromatic carbocycles. The maximum absolute atomic E-state index is 12.1. The van der Waals surface area contributed by atoms with Crippen molar-refractivity contribution in [2.24, 2.45) is 11.1 Å². The molecule has 0 radical (unpaired) electrons. The number of nitrogens with two attached hydrogens (primary N) is 2. The Hall–Kier alpha value is -1.55. The van der Waals surface area contributed by atoms with E-state index in [9.17, 15) is 4.79 Å². The summed E-state index contributed by atoms with van der Waals surface area (Å²) in [5, 5.41) is 0. The van der Waals surface area contributed by atoms with Gasteiger partial charge in [0, 0.05) is 12.2 Å². The second kappa shape index (κ2) is 6.40. The average molecular weight is 250 g/mol. The summed E-state index contributed by atoms with van der Waals surface area (Å²) >= 11 is 0. The lowest BCUT2D eigenvalue weighted by atomic mass is 9.79. The molecule has 4 nitrogen and oxygen atoms in total. The monoisotopic (exact) mass is 250 g/mol. The molecule has 0 aliphatic heterocycles. The van der Waals surface area contributed by atoms with Crippen molar-refractivity contribution in [2.45, 2.75) is 26.7 Å². The molecule has 0 amide bonds. The topological polar surface area (TPSA) is 78.3 Å². The van der Waals surface area contributed by atoms with Gasteiger partial charge in [-0.05, 0) is 37.5 Å². The predicted molar refractivity (Wildman–Crippen MR) is 73.0 cm³/mol. The van der Waals surface area contributed by atoms with E-state index in [0.717, 1.165) is 5.56 Å². The highest BCUT2D eigenvalue weighted by atomic mass is 16.5. The first-order valence-corrected chi connectivity index (χ1v) is 6.29. The van der Waals surface area contributed by atoms with Crippen molar-refractivity contribution in [3.63, 3.8) is 0 Å². The van der Waals surface area contributed by atoms with Gasteiger partial charge >= 0.3 is 5.97 Å². The zero-order valence-corrected chi connectivity index (χ0v) is 11.1. The number of esters is 1. The standard InChI is InChI=1S/C14H22N2O2/c1-3-14(10-15,13(17)18-4-2)9-11-5-7-12(16)8-6-11/h5-8H,3-4,9-10,15-16H2,1-2H3. The maximum atomic E-state index is 12.1. The molecule has 0 spiro atoms. The van der Waals surface area contributed by atoms with Crippen LogP contribution in [0.1, 0.15) is 25.8 Å². The molecule has 0 aliphatic rings. The van der Waals surface area contributed by atoms with Crippen LogP contribution in [0.3, 0.4) is 0 Å². The van der Waals surface area contributed by atoms with E-state index in [-0.39, 0.29) is 12.5 Å². The molecule has 1 aromatic rings. The van der Waals surface area contributed by atoms with Crippen LogP contribution in [0.5, 0.6) is 0 Å². The van der Waals surface area contributed by atoms with Gasteiger partial charge < -0.3 is 16.2 Å². The Bertz CT molecular complexity index is 383. The Balaban J connectivity index is 2.91. The molecule has 1 unspecified atom stereocenters. The van der Waals surface area contributed by atoms with Crippen LogP contribution in [0.15, 0.2) is 24.3 Å². The van der Waals surface area contributed by atoms with Gasteiger partial charge in [0.25, 0.3) is 0 Å². The number of anilines is 1. The van der Waals surface area contributed by atoms with Crippen LogP contribution in [0.2, 0.25) is 0 Å². The van der Waals surface area contributed by atoms with E-state index in [0.29, 0.717) is 25.1 Å². The van der Waals surface area contributed by atoms with Crippen LogP contribution in [0, 0.1) is 5.41 Å². The molecule has 0 aromatic heterocycles. The first-order chi connectivity index (χ1) is 8.57. The van der Waals surface area contributed by atoms with Gasteiger partial charge in [-0.2, -0.15) is 0 Å². The molecule has 0 fully saturated rings. The minimum absolute atomic E-state index is 0.216. The second-order valence-electron chi connectivity index (χ2n) is 4.48. The summed E-state index contributed by atoms with van der Waals surface area (Å²) in [5.74, 6) is -0.216. The molecule has 4 heteroatoms. The van der Waals surface area contributed by atoms with Crippen molar-refractivity contribution in [1.29, 1.82) is 0 Å². The van der Waals surface area contributed by atoms with Crippen molar-refractivity contribution >= 4 is 11.7 Å². The summed E-state index contributed by atoms with van der Waals surface area (Å²) in [6, 6.07) is 7.51. The van der Waals surface area contributed by atoms with Crippen LogP contribution < -0.4 is 11.5 Å². The third kappa shape index (κ3) is 3.23. The van der Waals surface area contributed by atoms with E-state index in [1.54, 1.807) is 6.92 Å². The average Bonchev–Trinajstić information content (AvgIpc) is 2.38. The summed E-state index contributed by atoms with van der Waals surface area (Å²) in [5.41, 5.74) is 12.6. The molecule has 0 bridgehead atoms. The molecule has 0 aliphatic carbocycles. The molecule has 1 rings (SSSR count). The first kappa shape index (κ1) is 14.5. The molecular formula is C14H22N2O2. The fourth-order valence-electron chi connectivity index (χ4n) is 1.95. The Morgan fingerprint density at radius 1 is 1.28 bits per heavy atom. The van der Waals surface area contributed by atoms with Gasteiger partial charge in [0.1, 0.15) is 0 Å². The second-order valence-corrected chi connectivity index (χ2v) is 4.48. The highest BCUT2D eigenvalue weighted by Crippen LogP contribution is 2.28. The third-order valence-corrected chi connectivity index (χ3v) is 3.30. The Kier molecular flexibility index (Phi) is 5.16. The van der Waals surface area contributed by atoms with Gasteiger partial charge in [-0.1, -0.05) is 19.1 Å². The fourth-order valence-corrected chi connectivity index (χ4v) is 1.95. The number of hydrogen-bond acceptors (Lipinski definition) is 4. The number of hydrogen-bond donors (Lipinski definition) is 2. The number of ether oxygens (including phenoxy) is 1. The zero-order valence-electron chi connectivity index (χ0n) is 11.1. The molecule has 0 saturated heterocycles. The number of carbonyl (C=O) groups is 1. The quantitative estimate of drug-likeness (QED) is 0.595. The summed E-state index contributed by atoms with van der Waals surface area (Å²) in [6.07, 6.45) is 1.24. The summed E-state index contributed by atoms with van der Waals surface area (Å²) in [6.45, 7) is 4.42. The van der Waals surface area contributed by atoms with Crippen LogP contribution in [-0.2, 0) is 16.0 Å². The van der Waals surface area contributed by atoms with Crippen molar-refractivity contribution in [2.75, 3.05) is 18.9 Å². The van der Waals surface area contributed by atoms with Gasteiger partial charge in [0.05, 0.1) is 12.0 Å². The van der Waals surface area contributed by atoms with Crippen LogP contribution in [0.25, 0.3) is 0 Å². The molecule has 1 atom stereocenters. The van der Waals surface area contributed by atoms with E-state index >= 15 is 0 Å². The summed E-state index contributed by atoms with van der Waals surface area (Å²) in [7, 11) is 0. The van der Waals surface area contributed by atoms with E-state index in [1.807, 2.05) is 31.2 Å². The molecule has 100 valence electrons. The highest BCUT2D eigenvalue weighted by Gasteiger charge is 2.36. The van der Waals surface area contributed by atoms with E-state index in [4.69, 9.17) is 16.2 Å². The third-order valence-electron chi connectivity index (χ3n) is 3.30. The predicted octanol–water partition coefficient (Wildman–Crippen LogP) is 1.73. The lowest BCUT2D eigenvalue weighted by molar-refractivity contribution is -0.155. The van der Waals surface area contributed by atoms with E-state index < -0.39 is 5.41 Å². The zero-order chi connectivity index (χ0) is 13.6. The van der Waals surface area contributed by atoms with Gasteiger partial charge in [-0.25, -0.2) is 0 Å². The molecule has 0 heterocycles. The maximum Gasteiger partial charge on any atom is 0.313 e. The van der Waals surface area contributed by atoms with Crippen molar-refractivity contribution < 1.29 is 9.53 Å². The minimum atomic E-state index is -0.633. The van der Waals surface area contributed by atoms with Gasteiger partial charge in [0.15, 0.2) is 0 Å². The smallest absolute Gasteiger partial charge is 0.313 e. The van der Waals surface area contributed by atoms with Crippen LogP contribution >= 0.6 is 0 Å². The normalized spacial score (nSPS) is 13.9. The largest absolute Gasteiger partial charge is 0.466 e. The van der Waals surface area contributed by atoms with Crippen LogP contribution in [0.4, 0.5) is 5.69 Å². The fraction of sp³-hybridized carbons (Fsp3) is 0.500. The van der Waals surface area contributed by atoms with Gasteiger partial charge in [0.2, 0.25) is 0 Å². The number of benzene rings is 1. The SMILES string of the molecule is CCOC(=O)C(CC)(CN)Cc1ccc(N)cc1. The van der Waals surface area contributed by atoms with Crippen LogP contribution in [-0.4, -0.2) is 19.1 Å².